The molecule has 244 valence electrons. The van der Waals surface area contributed by atoms with Gasteiger partial charge in [0.1, 0.15) is 5.75 Å². The highest BCUT2D eigenvalue weighted by Crippen LogP contribution is 2.56. The van der Waals surface area contributed by atoms with Crippen molar-refractivity contribution >= 4 is 53.9 Å². The molecule has 0 saturated carbocycles. The van der Waals surface area contributed by atoms with Crippen LogP contribution in [-0.4, -0.2) is 7.11 Å². The SMILES string of the molecule is COc1ccc2ccccc2c1-c1c(-c2c3c(c(C(C)(C)C)c4ccc5ccc6ccccc6c5c24)Cc2ccccc2-3)ccc2ccccc12. The summed E-state index contributed by atoms with van der Waals surface area (Å²) < 4.78 is 6.28. The smallest absolute Gasteiger partial charge is 0.127 e. The van der Waals surface area contributed by atoms with Crippen molar-refractivity contribution in [3.05, 3.63) is 162 Å². The van der Waals surface area contributed by atoms with Gasteiger partial charge in [-0.25, -0.2) is 0 Å². The van der Waals surface area contributed by atoms with Gasteiger partial charge in [0.05, 0.1) is 7.11 Å². The summed E-state index contributed by atoms with van der Waals surface area (Å²) in [6, 6.07) is 54.0. The van der Waals surface area contributed by atoms with Crippen LogP contribution in [0.15, 0.2) is 146 Å². The van der Waals surface area contributed by atoms with Crippen LogP contribution in [0.5, 0.6) is 5.75 Å². The summed E-state index contributed by atoms with van der Waals surface area (Å²) in [5.74, 6) is 0.884. The fourth-order valence-electron chi connectivity index (χ4n) is 9.27. The van der Waals surface area contributed by atoms with Gasteiger partial charge >= 0.3 is 0 Å². The summed E-state index contributed by atoms with van der Waals surface area (Å²) in [5, 5.41) is 12.6. The summed E-state index contributed by atoms with van der Waals surface area (Å²) in [6.45, 7) is 7.17. The van der Waals surface area contributed by atoms with Gasteiger partial charge in [-0.3, -0.25) is 0 Å². The summed E-state index contributed by atoms with van der Waals surface area (Å²) in [5.41, 5.74) is 11.9. The van der Waals surface area contributed by atoms with Gasteiger partial charge in [-0.05, 0) is 111 Å². The zero-order chi connectivity index (χ0) is 34.4. The van der Waals surface area contributed by atoms with Crippen LogP contribution < -0.4 is 4.74 Å². The Hall–Kier alpha value is -5.92. The lowest BCUT2D eigenvalue weighted by atomic mass is 9.74. The Balaban J connectivity index is 1.52. The number of hydrogen-bond acceptors (Lipinski definition) is 1. The second kappa shape index (κ2) is 11.0. The van der Waals surface area contributed by atoms with E-state index in [0.29, 0.717) is 0 Å². The maximum atomic E-state index is 6.28. The third kappa shape index (κ3) is 4.34. The molecule has 51 heavy (non-hydrogen) atoms. The minimum Gasteiger partial charge on any atom is -0.496 e. The molecule has 0 unspecified atom stereocenters. The first-order chi connectivity index (χ1) is 24.9. The van der Waals surface area contributed by atoms with Crippen LogP contribution in [0.4, 0.5) is 0 Å². The normalized spacial score (nSPS) is 12.6. The van der Waals surface area contributed by atoms with Crippen LogP contribution in [0.2, 0.25) is 0 Å². The van der Waals surface area contributed by atoms with E-state index in [0.717, 1.165) is 17.7 Å². The quantitative estimate of drug-likeness (QED) is 0.172. The highest BCUT2D eigenvalue weighted by Gasteiger charge is 2.34. The van der Waals surface area contributed by atoms with Crippen LogP contribution in [0, 0.1) is 0 Å². The maximum Gasteiger partial charge on any atom is 0.127 e. The summed E-state index contributed by atoms with van der Waals surface area (Å²) in [6.07, 6.45) is 0.926. The fraction of sp³-hybridized carbons (Fsp3) is 0.120. The molecule has 0 radical (unpaired) electrons. The van der Waals surface area contributed by atoms with Crippen molar-refractivity contribution in [2.75, 3.05) is 7.11 Å². The summed E-state index contributed by atoms with van der Waals surface area (Å²) in [4.78, 5) is 0. The second-order valence-electron chi connectivity index (χ2n) is 15.1. The molecule has 1 nitrogen and oxygen atoms in total. The number of methoxy groups -OCH3 is 1. The molecule has 0 aliphatic heterocycles. The maximum absolute atomic E-state index is 6.28. The summed E-state index contributed by atoms with van der Waals surface area (Å²) in [7, 11) is 1.81. The van der Waals surface area contributed by atoms with Crippen molar-refractivity contribution in [1.29, 1.82) is 0 Å². The van der Waals surface area contributed by atoms with Crippen LogP contribution in [0.25, 0.3) is 87.2 Å². The van der Waals surface area contributed by atoms with Crippen molar-refractivity contribution in [1.82, 2.24) is 0 Å². The standard InChI is InChI=1S/C50H38O/c1-50(2,3)49-40-27-24-33-22-21-30-13-5-9-17-35(30)43(33)48(40)47(45-38-20-12-8-16-34(38)29-41(45)49)39-26-23-31-14-6-10-18-36(31)44(39)46-37-19-11-7-15-32(37)25-28-42(46)51-4/h5-28H,29H2,1-4H3. The van der Waals surface area contributed by atoms with Gasteiger partial charge in [-0.15, -0.1) is 0 Å². The molecular formula is C50H38O. The number of rotatable bonds is 3. The highest BCUT2D eigenvalue weighted by molar-refractivity contribution is 6.29. The third-order valence-corrected chi connectivity index (χ3v) is 11.2. The lowest BCUT2D eigenvalue weighted by Gasteiger charge is -2.29. The monoisotopic (exact) mass is 654 g/mol. The van der Waals surface area contributed by atoms with Gasteiger partial charge in [0.2, 0.25) is 0 Å². The molecule has 10 rings (SSSR count). The first kappa shape index (κ1) is 29.9. The Labute approximate surface area is 298 Å². The molecule has 0 saturated heterocycles. The van der Waals surface area contributed by atoms with E-state index in [9.17, 15) is 0 Å². The Morgan fingerprint density at radius 2 is 1.00 bits per heavy atom. The molecule has 0 fully saturated rings. The Morgan fingerprint density at radius 3 is 1.73 bits per heavy atom. The van der Waals surface area contributed by atoms with Gasteiger partial charge < -0.3 is 4.74 Å². The molecule has 9 aromatic rings. The van der Waals surface area contributed by atoms with E-state index in [1.165, 1.54) is 98.4 Å². The van der Waals surface area contributed by atoms with Gasteiger partial charge in [0, 0.05) is 11.1 Å². The summed E-state index contributed by atoms with van der Waals surface area (Å²) >= 11 is 0. The average Bonchev–Trinajstić information content (AvgIpc) is 3.54. The van der Waals surface area contributed by atoms with Crippen LogP contribution >= 0.6 is 0 Å². The van der Waals surface area contributed by atoms with Crippen molar-refractivity contribution in [3.63, 3.8) is 0 Å². The van der Waals surface area contributed by atoms with E-state index in [1.54, 1.807) is 7.11 Å². The van der Waals surface area contributed by atoms with Crippen LogP contribution in [0.3, 0.4) is 0 Å². The van der Waals surface area contributed by atoms with Crippen molar-refractivity contribution in [3.8, 4) is 39.1 Å². The minimum atomic E-state index is -0.0771. The molecule has 9 aromatic carbocycles. The topological polar surface area (TPSA) is 9.23 Å². The van der Waals surface area contributed by atoms with Crippen LogP contribution in [-0.2, 0) is 11.8 Å². The molecule has 0 amide bonds. The number of fused-ring (bicyclic) bond motifs is 10. The Bertz CT molecular complexity index is 2900. The Morgan fingerprint density at radius 1 is 0.431 bits per heavy atom. The molecule has 1 aliphatic rings. The first-order valence-electron chi connectivity index (χ1n) is 18.0. The average molecular weight is 655 g/mol. The molecule has 0 heterocycles. The third-order valence-electron chi connectivity index (χ3n) is 11.2. The predicted octanol–water partition coefficient (Wildman–Crippen LogP) is 13.7. The largest absolute Gasteiger partial charge is 0.496 e. The Kier molecular flexibility index (Phi) is 6.48. The number of benzene rings is 9. The molecule has 0 atom stereocenters. The van der Waals surface area contributed by atoms with E-state index < -0.39 is 0 Å². The molecule has 0 N–H and O–H groups in total. The molecule has 1 heteroatoms. The number of ether oxygens (including phenoxy) is 1. The van der Waals surface area contributed by atoms with Crippen molar-refractivity contribution < 1.29 is 4.74 Å². The van der Waals surface area contributed by atoms with Gasteiger partial charge in [0.15, 0.2) is 0 Å². The van der Waals surface area contributed by atoms with E-state index in [2.05, 4.69) is 166 Å². The molecule has 0 aromatic heterocycles. The lowest BCUT2D eigenvalue weighted by Crippen LogP contribution is -2.15. The lowest BCUT2D eigenvalue weighted by molar-refractivity contribution is 0.417. The molecule has 0 bridgehead atoms. The minimum absolute atomic E-state index is 0.0771. The molecule has 0 spiro atoms. The number of hydrogen-bond donors (Lipinski definition) is 0. The van der Waals surface area contributed by atoms with Gasteiger partial charge in [-0.2, -0.15) is 0 Å². The second-order valence-corrected chi connectivity index (χ2v) is 15.1. The van der Waals surface area contributed by atoms with Crippen molar-refractivity contribution in [2.45, 2.75) is 32.6 Å². The zero-order valence-electron chi connectivity index (χ0n) is 29.5. The predicted molar refractivity (Wildman–Crippen MR) is 218 cm³/mol. The van der Waals surface area contributed by atoms with E-state index in [1.807, 2.05) is 0 Å². The molecule has 1 aliphatic carbocycles. The fourth-order valence-corrected chi connectivity index (χ4v) is 9.27. The van der Waals surface area contributed by atoms with E-state index in [-0.39, 0.29) is 5.41 Å². The zero-order valence-corrected chi connectivity index (χ0v) is 29.5. The van der Waals surface area contributed by atoms with Crippen molar-refractivity contribution in [2.24, 2.45) is 0 Å². The van der Waals surface area contributed by atoms with Gasteiger partial charge in [-0.1, -0.05) is 160 Å². The first-order valence-corrected chi connectivity index (χ1v) is 18.0. The van der Waals surface area contributed by atoms with Crippen LogP contribution in [0.1, 0.15) is 37.5 Å². The highest BCUT2D eigenvalue weighted by atomic mass is 16.5. The van der Waals surface area contributed by atoms with E-state index >= 15 is 0 Å². The van der Waals surface area contributed by atoms with E-state index in [4.69, 9.17) is 4.74 Å². The molecular weight excluding hydrogens is 617 g/mol. The van der Waals surface area contributed by atoms with Gasteiger partial charge in [0.25, 0.3) is 0 Å².